The lowest BCUT2D eigenvalue weighted by atomic mass is 10.1. The molecule has 0 heterocycles. The van der Waals surface area contributed by atoms with Crippen LogP contribution in [0.5, 0.6) is 0 Å². The van der Waals surface area contributed by atoms with Gasteiger partial charge in [-0.25, -0.2) is 0 Å². The van der Waals surface area contributed by atoms with Crippen molar-refractivity contribution in [2.24, 2.45) is 5.73 Å². The van der Waals surface area contributed by atoms with Gasteiger partial charge < -0.3 is 16.4 Å². The quantitative estimate of drug-likeness (QED) is 0.581. The summed E-state index contributed by atoms with van der Waals surface area (Å²) in [6.45, 7) is 3.36. The molecular weight excluding hydrogens is 278 g/mol. The zero-order chi connectivity index (χ0) is 16.2. The Morgan fingerprint density at radius 1 is 1.14 bits per heavy atom. The predicted molar refractivity (Wildman–Crippen MR) is 89.8 cm³/mol. The van der Waals surface area contributed by atoms with Crippen LogP contribution in [0.15, 0.2) is 24.3 Å². The molecule has 0 unspecified atom stereocenters. The fourth-order valence-corrected chi connectivity index (χ4v) is 2.09. The second-order valence-electron chi connectivity index (χ2n) is 5.34. The summed E-state index contributed by atoms with van der Waals surface area (Å²) in [4.78, 5) is 23.7. The molecule has 1 aromatic carbocycles. The van der Waals surface area contributed by atoms with Gasteiger partial charge in [0.1, 0.15) is 0 Å². The zero-order valence-corrected chi connectivity index (χ0v) is 13.4. The highest BCUT2D eigenvalue weighted by atomic mass is 16.2. The standard InChI is InChI=1S/C17H27N3O2/c1-2-12-19-17(22)14-8-7-9-15(13-14)20-16(21)10-5-3-4-6-11-18/h7-9,13H,2-6,10-12,18H2,1H3,(H,19,22)(H,20,21). The van der Waals surface area contributed by atoms with Crippen LogP contribution in [0, 0.1) is 0 Å². The molecule has 4 N–H and O–H groups in total. The van der Waals surface area contributed by atoms with E-state index in [1.165, 1.54) is 0 Å². The zero-order valence-electron chi connectivity index (χ0n) is 13.4. The van der Waals surface area contributed by atoms with Gasteiger partial charge in [0.2, 0.25) is 5.91 Å². The first-order valence-corrected chi connectivity index (χ1v) is 8.05. The van der Waals surface area contributed by atoms with E-state index < -0.39 is 0 Å². The molecule has 0 aliphatic carbocycles. The van der Waals surface area contributed by atoms with E-state index in [9.17, 15) is 9.59 Å². The maximum absolute atomic E-state index is 11.9. The van der Waals surface area contributed by atoms with Gasteiger partial charge in [-0.1, -0.05) is 25.8 Å². The van der Waals surface area contributed by atoms with Crippen LogP contribution in [0.2, 0.25) is 0 Å². The molecule has 5 heteroatoms. The van der Waals surface area contributed by atoms with Gasteiger partial charge >= 0.3 is 0 Å². The second kappa shape index (κ2) is 10.8. The Morgan fingerprint density at radius 3 is 2.64 bits per heavy atom. The van der Waals surface area contributed by atoms with Crippen LogP contribution < -0.4 is 16.4 Å². The van der Waals surface area contributed by atoms with E-state index in [1.807, 2.05) is 6.92 Å². The molecule has 0 bridgehead atoms. The number of unbranched alkanes of at least 4 members (excludes halogenated alkanes) is 3. The molecule has 2 amide bonds. The molecule has 0 saturated heterocycles. The molecule has 22 heavy (non-hydrogen) atoms. The molecule has 1 rings (SSSR count). The normalized spacial score (nSPS) is 10.3. The second-order valence-corrected chi connectivity index (χ2v) is 5.34. The van der Waals surface area contributed by atoms with Crippen molar-refractivity contribution in [1.29, 1.82) is 0 Å². The highest BCUT2D eigenvalue weighted by molar-refractivity contribution is 5.97. The average molecular weight is 305 g/mol. The van der Waals surface area contributed by atoms with Gasteiger partial charge in [-0.15, -0.1) is 0 Å². The van der Waals surface area contributed by atoms with Crippen LogP contribution in [0.4, 0.5) is 5.69 Å². The van der Waals surface area contributed by atoms with Gasteiger partial charge in [0.25, 0.3) is 5.91 Å². The van der Waals surface area contributed by atoms with Crippen molar-refractivity contribution < 1.29 is 9.59 Å². The third kappa shape index (κ3) is 7.22. The topological polar surface area (TPSA) is 84.2 Å². The number of carbonyl (C=O) groups excluding carboxylic acids is 2. The number of rotatable bonds is 10. The molecule has 5 nitrogen and oxygen atoms in total. The molecular formula is C17H27N3O2. The fraction of sp³-hybridized carbons (Fsp3) is 0.529. The summed E-state index contributed by atoms with van der Waals surface area (Å²) in [5.41, 5.74) is 6.66. The summed E-state index contributed by atoms with van der Waals surface area (Å²) >= 11 is 0. The van der Waals surface area contributed by atoms with Gasteiger partial charge in [-0.2, -0.15) is 0 Å². The molecule has 0 spiro atoms. The van der Waals surface area contributed by atoms with E-state index >= 15 is 0 Å². The molecule has 0 radical (unpaired) electrons. The highest BCUT2D eigenvalue weighted by Crippen LogP contribution is 2.12. The monoisotopic (exact) mass is 305 g/mol. The van der Waals surface area contributed by atoms with Gasteiger partial charge in [-0.3, -0.25) is 9.59 Å². The van der Waals surface area contributed by atoms with Crippen LogP contribution in [0.25, 0.3) is 0 Å². The number of hydrogen-bond acceptors (Lipinski definition) is 3. The minimum Gasteiger partial charge on any atom is -0.352 e. The van der Waals surface area contributed by atoms with E-state index in [2.05, 4.69) is 10.6 Å². The first-order chi connectivity index (χ1) is 10.7. The van der Waals surface area contributed by atoms with Crippen LogP contribution in [-0.2, 0) is 4.79 Å². The maximum Gasteiger partial charge on any atom is 0.251 e. The smallest absolute Gasteiger partial charge is 0.251 e. The summed E-state index contributed by atoms with van der Waals surface area (Å²) in [6.07, 6.45) is 5.35. The van der Waals surface area contributed by atoms with Gasteiger partial charge in [-0.05, 0) is 44.0 Å². The van der Waals surface area contributed by atoms with Crippen molar-refractivity contribution in [1.82, 2.24) is 5.32 Å². The van der Waals surface area contributed by atoms with Crippen molar-refractivity contribution >= 4 is 17.5 Å². The molecule has 0 aliphatic heterocycles. The maximum atomic E-state index is 11.9. The SMILES string of the molecule is CCCNC(=O)c1cccc(NC(=O)CCCCCCN)c1. The largest absolute Gasteiger partial charge is 0.352 e. The van der Waals surface area contributed by atoms with Gasteiger partial charge in [0.05, 0.1) is 0 Å². The van der Waals surface area contributed by atoms with E-state index in [4.69, 9.17) is 5.73 Å². The Morgan fingerprint density at radius 2 is 1.91 bits per heavy atom. The van der Waals surface area contributed by atoms with Crippen molar-refractivity contribution in [3.8, 4) is 0 Å². The molecule has 0 aliphatic rings. The predicted octanol–water partition coefficient (Wildman–Crippen LogP) is 2.67. The number of nitrogens with two attached hydrogens (primary N) is 1. The van der Waals surface area contributed by atoms with Crippen LogP contribution in [0.3, 0.4) is 0 Å². The first-order valence-electron chi connectivity index (χ1n) is 8.05. The number of carbonyl (C=O) groups is 2. The van der Waals surface area contributed by atoms with Crippen LogP contribution in [0.1, 0.15) is 55.8 Å². The number of nitrogens with one attached hydrogen (secondary N) is 2. The van der Waals surface area contributed by atoms with Gasteiger partial charge in [0.15, 0.2) is 0 Å². The Kier molecular flexibility index (Phi) is 8.91. The number of amides is 2. The summed E-state index contributed by atoms with van der Waals surface area (Å²) in [5, 5.41) is 5.66. The van der Waals surface area contributed by atoms with E-state index in [0.717, 1.165) is 32.1 Å². The number of hydrogen-bond donors (Lipinski definition) is 3. The Hall–Kier alpha value is -1.88. The third-order valence-corrected chi connectivity index (χ3v) is 3.30. The van der Waals surface area contributed by atoms with E-state index in [0.29, 0.717) is 30.8 Å². The lowest BCUT2D eigenvalue weighted by Gasteiger charge is -2.08. The number of anilines is 1. The number of benzene rings is 1. The van der Waals surface area contributed by atoms with Crippen molar-refractivity contribution in [2.75, 3.05) is 18.4 Å². The molecule has 0 saturated carbocycles. The van der Waals surface area contributed by atoms with E-state index in [-0.39, 0.29) is 11.8 Å². The molecule has 0 atom stereocenters. The Bertz CT molecular complexity index is 475. The average Bonchev–Trinajstić information content (AvgIpc) is 2.52. The fourth-order valence-electron chi connectivity index (χ4n) is 2.09. The lowest BCUT2D eigenvalue weighted by Crippen LogP contribution is -2.24. The summed E-state index contributed by atoms with van der Waals surface area (Å²) in [5.74, 6) is -0.126. The Labute approximate surface area is 132 Å². The summed E-state index contributed by atoms with van der Waals surface area (Å²) < 4.78 is 0. The first kappa shape index (κ1) is 18.2. The minimum atomic E-state index is -0.111. The molecule has 0 aromatic heterocycles. The Balaban J connectivity index is 2.41. The molecule has 0 fully saturated rings. The third-order valence-electron chi connectivity index (χ3n) is 3.30. The van der Waals surface area contributed by atoms with Crippen molar-refractivity contribution in [2.45, 2.75) is 45.4 Å². The van der Waals surface area contributed by atoms with Crippen molar-refractivity contribution in [3.63, 3.8) is 0 Å². The van der Waals surface area contributed by atoms with Crippen LogP contribution >= 0.6 is 0 Å². The highest BCUT2D eigenvalue weighted by Gasteiger charge is 2.07. The molecule has 1 aromatic rings. The molecule has 122 valence electrons. The summed E-state index contributed by atoms with van der Waals surface area (Å²) in [6, 6.07) is 7.02. The van der Waals surface area contributed by atoms with Crippen molar-refractivity contribution in [3.05, 3.63) is 29.8 Å². The summed E-state index contributed by atoms with van der Waals surface area (Å²) in [7, 11) is 0. The van der Waals surface area contributed by atoms with E-state index in [1.54, 1.807) is 24.3 Å². The minimum absolute atomic E-state index is 0.0149. The van der Waals surface area contributed by atoms with Crippen LogP contribution in [-0.4, -0.2) is 24.9 Å². The lowest BCUT2D eigenvalue weighted by molar-refractivity contribution is -0.116. The van der Waals surface area contributed by atoms with Gasteiger partial charge in [0, 0.05) is 24.2 Å².